The molecule has 1 saturated heterocycles. The molecule has 1 aliphatic rings. The zero-order chi connectivity index (χ0) is 13.2. The van der Waals surface area contributed by atoms with Crippen molar-refractivity contribution in [3.63, 3.8) is 0 Å². The molecular weight excluding hydrogens is 310 g/mol. The van der Waals surface area contributed by atoms with Crippen LogP contribution in [-0.4, -0.2) is 29.3 Å². The highest BCUT2D eigenvalue weighted by atomic mass is 79.9. The van der Waals surface area contributed by atoms with Gasteiger partial charge < -0.3 is 0 Å². The van der Waals surface area contributed by atoms with E-state index in [0.717, 1.165) is 29.5 Å². The minimum atomic E-state index is -0.343. The normalized spacial score (nSPS) is 20.6. The number of halogens is 1. The molecule has 100 valence electrons. The number of carbonyl (C=O) groups excluding carboxylic acids is 1. The van der Waals surface area contributed by atoms with Crippen LogP contribution in [-0.2, 0) is 0 Å². The van der Waals surface area contributed by atoms with E-state index in [-0.39, 0.29) is 11.3 Å². The highest BCUT2D eigenvalue weighted by Crippen LogP contribution is 2.32. The van der Waals surface area contributed by atoms with Crippen LogP contribution in [0.3, 0.4) is 0 Å². The second-order valence-electron chi connectivity index (χ2n) is 5.14. The highest BCUT2D eigenvalue weighted by molar-refractivity contribution is 9.10. The van der Waals surface area contributed by atoms with Gasteiger partial charge in [-0.2, -0.15) is 11.3 Å². The summed E-state index contributed by atoms with van der Waals surface area (Å²) in [6.07, 6.45) is 4.60. The highest BCUT2D eigenvalue weighted by Gasteiger charge is 2.39. The standard InChI is InChI=1S/C14H20BrNOS/c1-3-14(2,16-7-5-4-6-8-16)13(17)11-9-18-10-12(11)15/h9-10H,3-8H2,1-2H3. The molecule has 2 rings (SSSR count). The number of rotatable bonds is 4. The van der Waals surface area contributed by atoms with E-state index in [1.54, 1.807) is 11.3 Å². The summed E-state index contributed by atoms with van der Waals surface area (Å²) < 4.78 is 0.939. The Morgan fingerprint density at radius 3 is 2.56 bits per heavy atom. The van der Waals surface area contributed by atoms with Crippen molar-refractivity contribution in [2.45, 2.75) is 45.1 Å². The first kappa shape index (κ1) is 14.2. The Hall–Kier alpha value is -0.190. The fourth-order valence-corrected chi connectivity index (χ4v) is 4.10. The van der Waals surface area contributed by atoms with Gasteiger partial charge in [-0.05, 0) is 55.2 Å². The Bertz CT molecular complexity index is 425. The van der Waals surface area contributed by atoms with Crippen molar-refractivity contribution < 1.29 is 4.79 Å². The second-order valence-corrected chi connectivity index (χ2v) is 6.74. The minimum Gasteiger partial charge on any atom is -0.292 e. The van der Waals surface area contributed by atoms with Crippen LogP contribution in [0, 0.1) is 0 Å². The zero-order valence-corrected chi connectivity index (χ0v) is 13.4. The monoisotopic (exact) mass is 329 g/mol. The number of thiophene rings is 1. The summed E-state index contributed by atoms with van der Waals surface area (Å²) in [7, 11) is 0. The van der Waals surface area contributed by atoms with Crippen molar-refractivity contribution >= 4 is 33.0 Å². The number of ketones is 1. The van der Waals surface area contributed by atoms with Gasteiger partial charge in [-0.1, -0.05) is 13.3 Å². The molecule has 0 radical (unpaired) electrons. The number of piperidine rings is 1. The van der Waals surface area contributed by atoms with Crippen LogP contribution in [0.1, 0.15) is 49.9 Å². The summed E-state index contributed by atoms with van der Waals surface area (Å²) in [4.78, 5) is 15.2. The van der Waals surface area contributed by atoms with Crippen LogP contribution in [0.5, 0.6) is 0 Å². The largest absolute Gasteiger partial charge is 0.292 e. The number of hydrogen-bond acceptors (Lipinski definition) is 3. The molecule has 1 aromatic heterocycles. The van der Waals surface area contributed by atoms with E-state index >= 15 is 0 Å². The van der Waals surface area contributed by atoms with Crippen LogP contribution in [0.15, 0.2) is 15.2 Å². The molecule has 1 aromatic rings. The average molecular weight is 330 g/mol. The predicted molar refractivity (Wildman–Crippen MR) is 80.5 cm³/mol. The number of likely N-dealkylation sites (tertiary alicyclic amines) is 1. The van der Waals surface area contributed by atoms with E-state index in [0.29, 0.717) is 0 Å². The number of nitrogens with zero attached hydrogens (tertiary/aromatic N) is 1. The van der Waals surface area contributed by atoms with E-state index in [1.807, 2.05) is 10.8 Å². The predicted octanol–water partition coefficient (Wildman–Crippen LogP) is 4.35. The van der Waals surface area contributed by atoms with Crippen molar-refractivity contribution in [1.82, 2.24) is 4.90 Å². The maximum Gasteiger partial charge on any atom is 0.184 e. The van der Waals surface area contributed by atoms with Gasteiger partial charge in [0.05, 0.1) is 5.54 Å². The topological polar surface area (TPSA) is 20.3 Å². The lowest BCUT2D eigenvalue weighted by atomic mass is 9.86. The summed E-state index contributed by atoms with van der Waals surface area (Å²) >= 11 is 5.07. The molecule has 0 aromatic carbocycles. The summed E-state index contributed by atoms with van der Waals surface area (Å²) in [6, 6.07) is 0. The van der Waals surface area contributed by atoms with Crippen LogP contribution >= 0.6 is 27.3 Å². The number of carbonyl (C=O) groups is 1. The first-order valence-electron chi connectivity index (χ1n) is 6.61. The Balaban J connectivity index is 2.26. The fraction of sp³-hybridized carbons (Fsp3) is 0.643. The van der Waals surface area contributed by atoms with Gasteiger partial charge >= 0.3 is 0 Å². The van der Waals surface area contributed by atoms with Gasteiger partial charge in [0.2, 0.25) is 0 Å². The lowest BCUT2D eigenvalue weighted by Gasteiger charge is -2.41. The third-order valence-corrected chi connectivity index (χ3v) is 5.79. The van der Waals surface area contributed by atoms with Gasteiger partial charge in [0.25, 0.3) is 0 Å². The molecular formula is C14H20BrNOS. The maximum atomic E-state index is 12.8. The minimum absolute atomic E-state index is 0.264. The van der Waals surface area contributed by atoms with E-state index in [9.17, 15) is 4.79 Å². The van der Waals surface area contributed by atoms with Crippen LogP contribution in [0.25, 0.3) is 0 Å². The summed E-state index contributed by atoms with van der Waals surface area (Å²) in [6.45, 7) is 6.33. The molecule has 0 saturated carbocycles. The molecule has 2 nitrogen and oxygen atoms in total. The Morgan fingerprint density at radius 2 is 2.06 bits per heavy atom. The van der Waals surface area contributed by atoms with Crippen LogP contribution in [0.4, 0.5) is 0 Å². The van der Waals surface area contributed by atoms with Crippen molar-refractivity contribution in [3.8, 4) is 0 Å². The molecule has 1 aliphatic heterocycles. The Kier molecular flexibility index (Phi) is 4.62. The molecule has 0 N–H and O–H groups in total. The van der Waals surface area contributed by atoms with Crippen molar-refractivity contribution in [2.75, 3.05) is 13.1 Å². The van der Waals surface area contributed by atoms with E-state index in [2.05, 4.69) is 34.7 Å². The molecule has 1 unspecified atom stereocenters. The Labute approximate surface area is 122 Å². The first-order chi connectivity index (χ1) is 8.59. The van der Waals surface area contributed by atoms with Crippen molar-refractivity contribution in [3.05, 3.63) is 20.8 Å². The summed E-state index contributed by atoms with van der Waals surface area (Å²) in [5.74, 6) is 0.264. The van der Waals surface area contributed by atoms with Gasteiger partial charge in [-0.25, -0.2) is 0 Å². The van der Waals surface area contributed by atoms with Gasteiger partial charge in [-0.15, -0.1) is 0 Å². The van der Waals surface area contributed by atoms with E-state index in [4.69, 9.17) is 0 Å². The molecule has 0 bridgehead atoms. The number of hydrogen-bond donors (Lipinski definition) is 0. The lowest BCUT2D eigenvalue weighted by molar-refractivity contribution is 0.0505. The number of Topliss-reactive ketones (excluding diaryl/α,β-unsaturated/α-hetero) is 1. The maximum absolute atomic E-state index is 12.8. The smallest absolute Gasteiger partial charge is 0.184 e. The van der Waals surface area contributed by atoms with Crippen molar-refractivity contribution in [1.29, 1.82) is 0 Å². The molecule has 18 heavy (non-hydrogen) atoms. The van der Waals surface area contributed by atoms with E-state index < -0.39 is 0 Å². The molecule has 1 atom stereocenters. The molecule has 2 heterocycles. The SMILES string of the molecule is CCC(C)(C(=O)c1cscc1Br)N1CCCCC1. The van der Waals surface area contributed by atoms with Gasteiger partial charge in [0.1, 0.15) is 0 Å². The Morgan fingerprint density at radius 1 is 1.39 bits per heavy atom. The van der Waals surface area contributed by atoms with Gasteiger partial charge in [-0.3, -0.25) is 9.69 Å². The third kappa shape index (κ3) is 2.56. The summed E-state index contributed by atoms with van der Waals surface area (Å²) in [5.41, 5.74) is 0.499. The van der Waals surface area contributed by atoms with Crippen LogP contribution in [0.2, 0.25) is 0 Å². The van der Waals surface area contributed by atoms with Gasteiger partial charge in [0.15, 0.2) is 5.78 Å². The molecule has 0 amide bonds. The third-order valence-electron chi connectivity index (χ3n) is 4.09. The molecule has 1 fully saturated rings. The van der Waals surface area contributed by atoms with Gasteiger partial charge in [0, 0.05) is 20.8 Å². The molecule has 4 heteroatoms. The lowest BCUT2D eigenvalue weighted by Crippen LogP contribution is -2.53. The second kappa shape index (κ2) is 5.85. The quantitative estimate of drug-likeness (QED) is 0.765. The molecule has 0 spiro atoms. The van der Waals surface area contributed by atoms with Crippen molar-refractivity contribution in [2.24, 2.45) is 0 Å². The molecule has 0 aliphatic carbocycles. The fourth-order valence-electron chi connectivity index (χ4n) is 2.65. The van der Waals surface area contributed by atoms with Crippen LogP contribution < -0.4 is 0 Å². The van der Waals surface area contributed by atoms with E-state index in [1.165, 1.54) is 19.3 Å². The zero-order valence-electron chi connectivity index (χ0n) is 11.0. The average Bonchev–Trinajstić information content (AvgIpc) is 2.84. The summed E-state index contributed by atoms with van der Waals surface area (Å²) in [5, 5.41) is 3.95. The first-order valence-corrected chi connectivity index (χ1v) is 8.34.